The van der Waals surface area contributed by atoms with E-state index in [0.29, 0.717) is 6.42 Å². The lowest BCUT2D eigenvalue weighted by Crippen LogP contribution is -2.56. The molecule has 1 rings (SSSR count). The lowest BCUT2D eigenvalue weighted by molar-refractivity contribution is -0.218. The summed E-state index contributed by atoms with van der Waals surface area (Å²) in [5.41, 5.74) is 0. The van der Waals surface area contributed by atoms with Gasteiger partial charge in [0.1, 0.15) is 18.3 Å². The van der Waals surface area contributed by atoms with E-state index >= 15 is 0 Å². The minimum Gasteiger partial charge on any atom is -0.388 e. The zero-order valence-electron chi connectivity index (χ0n) is 8.05. The van der Waals surface area contributed by atoms with Crippen molar-refractivity contribution in [2.45, 2.75) is 57.2 Å². The summed E-state index contributed by atoms with van der Waals surface area (Å²) in [6.45, 7) is 3.68. The van der Waals surface area contributed by atoms with E-state index in [2.05, 4.69) is 0 Å². The van der Waals surface area contributed by atoms with Gasteiger partial charge in [-0.2, -0.15) is 0 Å². The van der Waals surface area contributed by atoms with Gasteiger partial charge in [0.15, 0.2) is 0 Å². The molecule has 0 aromatic rings. The Morgan fingerprint density at radius 2 is 1.69 bits per heavy atom. The van der Waals surface area contributed by atoms with Crippen molar-refractivity contribution in [3.63, 3.8) is 0 Å². The normalized spacial score (nSPS) is 46.4. The van der Waals surface area contributed by atoms with Crippen LogP contribution < -0.4 is 0 Å². The van der Waals surface area contributed by atoms with Gasteiger partial charge in [0, 0.05) is 0 Å². The van der Waals surface area contributed by atoms with E-state index in [9.17, 15) is 15.3 Å². The van der Waals surface area contributed by atoms with E-state index in [0.717, 1.165) is 6.42 Å². The van der Waals surface area contributed by atoms with Gasteiger partial charge in [0.2, 0.25) is 0 Å². The first-order chi connectivity index (χ1) is 6.07. The Hall–Kier alpha value is -0.160. The van der Waals surface area contributed by atoms with Crippen LogP contribution in [0.15, 0.2) is 0 Å². The molecule has 0 radical (unpaired) electrons. The van der Waals surface area contributed by atoms with E-state index in [1.54, 1.807) is 6.92 Å². The second-order valence-corrected chi connectivity index (χ2v) is 3.64. The molecule has 1 fully saturated rings. The van der Waals surface area contributed by atoms with Crippen molar-refractivity contribution < 1.29 is 20.1 Å². The summed E-state index contributed by atoms with van der Waals surface area (Å²) in [5.74, 6) is 0. The number of rotatable bonds is 2. The van der Waals surface area contributed by atoms with E-state index in [1.807, 2.05) is 6.92 Å². The predicted octanol–water partition coefficient (Wildman–Crippen LogP) is -0.344. The van der Waals surface area contributed by atoms with Crippen molar-refractivity contribution in [2.24, 2.45) is 0 Å². The van der Waals surface area contributed by atoms with Crippen molar-refractivity contribution in [3.05, 3.63) is 0 Å². The van der Waals surface area contributed by atoms with Crippen LogP contribution in [0.25, 0.3) is 0 Å². The predicted molar refractivity (Wildman–Crippen MR) is 47.3 cm³/mol. The number of hydrogen-bond acceptors (Lipinski definition) is 4. The molecule has 13 heavy (non-hydrogen) atoms. The van der Waals surface area contributed by atoms with Crippen LogP contribution in [0.5, 0.6) is 0 Å². The molecule has 0 spiro atoms. The number of ether oxygens (including phenoxy) is 1. The van der Waals surface area contributed by atoms with Gasteiger partial charge < -0.3 is 20.1 Å². The molecule has 3 N–H and O–H groups in total. The third-order valence-electron chi connectivity index (χ3n) is 2.52. The summed E-state index contributed by atoms with van der Waals surface area (Å²) in [7, 11) is 0. The minimum absolute atomic E-state index is 0.349. The van der Waals surface area contributed by atoms with Crippen LogP contribution in [-0.2, 0) is 4.74 Å². The third kappa shape index (κ3) is 2.20. The fraction of sp³-hybridized carbons (Fsp3) is 1.00. The Kier molecular flexibility index (Phi) is 3.67. The molecular formula is C9H18O4. The molecule has 0 aliphatic carbocycles. The summed E-state index contributed by atoms with van der Waals surface area (Å²) < 4.78 is 5.36. The van der Waals surface area contributed by atoms with Crippen molar-refractivity contribution in [3.8, 4) is 0 Å². The van der Waals surface area contributed by atoms with Gasteiger partial charge in [0.05, 0.1) is 12.2 Å². The molecule has 0 amide bonds. The van der Waals surface area contributed by atoms with Crippen LogP contribution in [0.4, 0.5) is 0 Å². The SMILES string of the molecule is CCCC1O[C@@H](C)C(O)C(O)[C@@H]1O. The lowest BCUT2D eigenvalue weighted by Gasteiger charge is -2.39. The largest absolute Gasteiger partial charge is 0.388 e. The Morgan fingerprint density at radius 1 is 1.08 bits per heavy atom. The van der Waals surface area contributed by atoms with Gasteiger partial charge in [-0.15, -0.1) is 0 Å². The summed E-state index contributed by atoms with van der Waals surface area (Å²) in [4.78, 5) is 0. The average molecular weight is 190 g/mol. The number of aliphatic hydroxyl groups is 3. The van der Waals surface area contributed by atoms with Gasteiger partial charge in [-0.05, 0) is 13.3 Å². The van der Waals surface area contributed by atoms with Gasteiger partial charge >= 0.3 is 0 Å². The highest BCUT2D eigenvalue weighted by Gasteiger charge is 2.40. The maximum absolute atomic E-state index is 9.52. The number of hydrogen-bond donors (Lipinski definition) is 3. The molecule has 3 unspecified atom stereocenters. The van der Waals surface area contributed by atoms with Crippen molar-refractivity contribution >= 4 is 0 Å². The van der Waals surface area contributed by atoms with Crippen LogP contribution >= 0.6 is 0 Å². The van der Waals surface area contributed by atoms with Crippen LogP contribution in [-0.4, -0.2) is 45.8 Å². The molecule has 1 saturated heterocycles. The van der Waals surface area contributed by atoms with Gasteiger partial charge in [-0.1, -0.05) is 13.3 Å². The molecular weight excluding hydrogens is 172 g/mol. The maximum Gasteiger partial charge on any atom is 0.111 e. The van der Waals surface area contributed by atoms with Gasteiger partial charge in [0.25, 0.3) is 0 Å². The molecule has 1 aliphatic heterocycles. The first kappa shape index (κ1) is 10.9. The Labute approximate surface area is 78.1 Å². The van der Waals surface area contributed by atoms with Crippen LogP contribution in [0.3, 0.4) is 0 Å². The van der Waals surface area contributed by atoms with E-state index in [-0.39, 0.29) is 6.10 Å². The Morgan fingerprint density at radius 3 is 2.23 bits per heavy atom. The third-order valence-corrected chi connectivity index (χ3v) is 2.52. The van der Waals surface area contributed by atoms with Gasteiger partial charge in [-0.3, -0.25) is 0 Å². The second-order valence-electron chi connectivity index (χ2n) is 3.64. The number of aliphatic hydroxyl groups excluding tert-OH is 3. The average Bonchev–Trinajstić information content (AvgIpc) is 2.11. The first-order valence-electron chi connectivity index (χ1n) is 4.77. The fourth-order valence-corrected chi connectivity index (χ4v) is 1.66. The summed E-state index contributed by atoms with van der Waals surface area (Å²) in [6, 6.07) is 0. The topological polar surface area (TPSA) is 69.9 Å². The van der Waals surface area contributed by atoms with E-state index in [4.69, 9.17) is 4.74 Å². The molecule has 5 atom stereocenters. The highest BCUT2D eigenvalue weighted by atomic mass is 16.5. The molecule has 78 valence electrons. The molecule has 0 bridgehead atoms. The molecule has 0 saturated carbocycles. The highest BCUT2D eigenvalue weighted by Crippen LogP contribution is 2.23. The van der Waals surface area contributed by atoms with Crippen molar-refractivity contribution in [1.29, 1.82) is 0 Å². The minimum atomic E-state index is -1.08. The maximum atomic E-state index is 9.52. The Balaban J connectivity index is 2.59. The monoisotopic (exact) mass is 190 g/mol. The molecule has 0 aromatic carbocycles. The van der Waals surface area contributed by atoms with E-state index < -0.39 is 24.4 Å². The highest BCUT2D eigenvalue weighted by molar-refractivity contribution is 4.90. The zero-order chi connectivity index (χ0) is 10.0. The van der Waals surface area contributed by atoms with E-state index in [1.165, 1.54) is 0 Å². The van der Waals surface area contributed by atoms with Gasteiger partial charge in [-0.25, -0.2) is 0 Å². The molecule has 0 aromatic heterocycles. The quantitative estimate of drug-likeness (QED) is 0.557. The van der Waals surface area contributed by atoms with Crippen LogP contribution in [0, 0.1) is 0 Å². The molecule has 1 aliphatic rings. The summed E-state index contributed by atoms with van der Waals surface area (Å²) in [6.07, 6.45) is -2.20. The van der Waals surface area contributed by atoms with Crippen molar-refractivity contribution in [1.82, 2.24) is 0 Å². The van der Waals surface area contributed by atoms with Crippen molar-refractivity contribution in [2.75, 3.05) is 0 Å². The molecule has 4 heteroatoms. The standard InChI is InChI=1S/C9H18O4/c1-3-4-6-8(11)9(12)7(10)5(2)13-6/h5-12H,3-4H2,1-2H3/t5-,6?,7?,8+,9?/m0/s1. The Bertz CT molecular complexity index is 162. The van der Waals surface area contributed by atoms with Crippen LogP contribution in [0.1, 0.15) is 26.7 Å². The smallest absolute Gasteiger partial charge is 0.111 e. The second kappa shape index (κ2) is 4.37. The fourth-order valence-electron chi connectivity index (χ4n) is 1.66. The first-order valence-corrected chi connectivity index (χ1v) is 4.77. The zero-order valence-corrected chi connectivity index (χ0v) is 8.05. The van der Waals surface area contributed by atoms with Crippen LogP contribution in [0.2, 0.25) is 0 Å². The molecule has 4 nitrogen and oxygen atoms in total. The lowest BCUT2D eigenvalue weighted by atomic mass is 9.93. The summed E-state index contributed by atoms with van der Waals surface area (Å²) in [5, 5.41) is 28.3. The molecule has 1 heterocycles. The summed E-state index contributed by atoms with van der Waals surface area (Å²) >= 11 is 0.